The number of benzene rings is 1. The Bertz CT molecular complexity index is 433. The number of amides is 2. The molecule has 98 valence electrons. The fourth-order valence-electron chi connectivity index (χ4n) is 1.55. The summed E-state index contributed by atoms with van der Waals surface area (Å²) in [6.45, 7) is 0. The topological polar surface area (TPSA) is 69.6 Å². The van der Waals surface area contributed by atoms with Gasteiger partial charge in [-0.25, -0.2) is 4.79 Å². The van der Waals surface area contributed by atoms with E-state index in [-0.39, 0.29) is 5.91 Å². The van der Waals surface area contributed by atoms with Gasteiger partial charge in [-0.3, -0.25) is 9.69 Å². The van der Waals surface area contributed by atoms with Crippen molar-refractivity contribution in [3.8, 4) is 0 Å². The maximum Gasteiger partial charge on any atom is 0.407 e. The van der Waals surface area contributed by atoms with Gasteiger partial charge in [-0.05, 0) is 40.3 Å². The molecule has 18 heavy (non-hydrogen) atoms. The minimum absolute atomic E-state index is 0.307. The van der Waals surface area contributed by atoms with Crippen LogP contribution >= 0.6 is 22.6 Å². The highest BCUT2D eigenvalue weighted by atomic mass is 127. The molecule has 0 unspecified atom stereocenters. The largest absolute Gasteiger partial charge is 0.465 e. The van der Waals surface area contributed by atoms with Crippen LogP contribution in [-0.4, -0.2) is 42.1 Å². The van der Waals surface area contributed by atoms with Crippen molar-refractivity contribution in [2.75, 3.05) is 14.1 Å². The summed E-state index contributed by atoms with van der Waals surface area (Å²) < 4.78 is 1.10. The fraction of sp³-hybridized carbons (Fsp3) is 0.333. The molecule has 0 heterocycles. The standard InChI is InChI=1S/C12H15IN2O3/c1-14-11(16)10(15(2)12(17)18)7-8-3-5-9(13)6-4-8/h3-6,10H,7H2,1-2H3,(H,14,16)(H,17,18)/t10-/m1/s1. The highest BCUT2D eigenvalue weighted by molar-refractivity contribution is 14.1. The van der Waals surface area contributed by atoms with E-state index in [0.717, 1.165) is 14.0 Å². The quantitative estimate of drug-likeness (QED) is 0.799. The van der Waals surface area contributed by atoms with Crippen LogP contribution in [0.5, 0.6) is 0 Å². The van der Waals surface area contributed by atoms with E-state index in [1.54, 1.807) is 0 Å². The zero-order valence-electron chi connectivity index (χ0n) is 10.2. The lowest BCUT2D eigenvalue weighted by Gasteiger charge is -2.24. The molecule has 0 aliphatic carbocycles. The molecule has 0 saturated carbocycles. The maximum absolute atomic E-state index is 11.7. The molecule has 2 amide bonds. The van der Waals surface area contributed by atoms with Crippen molar-refractivity contribution in [3.05, 3.63) is 33.4 Å². The van der Waals surface area contributed by atoms with E-state index in [1.807, 2.05) is 24.3 Å². The number of halogens is 1. The van der Waals surface area contributed by atoms with Crippen molar-refractivity contribution >= 4 is 34.6 Å². The van der Waals surface area contributed by atoms with Gasteiger partial charge in [-0.2, -0.15) is 0 Å². The summed E-state index contributed by atoms with van der Waals surface area (Å²) in [6, 6.07) is 6.93. The first-order chi connectivity index (χ1) is 8.45. The lowest BCUT2D eigenvalue weighted by atomic mass is 10.0. The van der Waals surface area contributed by atoms with E-state index < -0.39 is 12.1 Å². The predicted octanol–water partition coefficient (Wildman–Crippen LogP) is 1.56. The second kappa shape index (κ2) is 6.58. The van der Waals surface area contributed by atoms with Crippen molar-refractivity contribution in [3.63, 3.8) is 0 Å². The molecular weight excluding hydrogens is 347 g/mol. The highest BCUT2D eigenvalue weighted by Gasteiger charge is 2.25. The lowest BCUT2D eigenvalue weighted by Crippen LogP contribution is -2.47. The summed E-state index contributed by atoms with van der Waals surface area (Å²) in [7, 11) is 2.90. The maximum atomic E-state index is 11.7. The molecular formula is C12H15IN2O3. The van der Waals surface area contributed by atoms with Gasteiger partial charge in [0.25, 0.3) is 0 Å². The minimum atomic E-state index is -1.12. The first kappa shape index (κ1) is 14.7. The van der Waals surface area contributed by atoms with Gasteiger partial charge in [0.2, 0.25) is 5.91 Å². The van der Waals surface area contributed by atoms with E-state index in [9.17, 15) is 9.59 Å². The zero-order chi connectivity index (χ0) is 13.7. The molecule has 0 spiro atoms. The van der Waals surface area contributed by atoms with Gasteiger partial charge in [-0.15, -0.1) is 0 Å². The van der Waals surface area contributed by atoms with Crippen LogP contribution in [0.2, 0.25) is 0 Å². The van der Waals surface area contributed by atoms with E-state index in [1.165, 1.54) is 14.1 Å². The summed E-state index contributed by atoms with van der Waals surface area (Å²) in [4.78, 5) is 23.7. The lowest BCUT2D eigenvalue weighted by molar-refractivity contribution is -0.124. The number of hydrogen-bond donors (Lipinski definition) is 2. The van der Waals surface area contributed by atoms with Crippen LogP contribution in [0.25, 0.3) is 0 Å². The minimum Gasteiger partial charge on any atom is -0.465 e. The van der Waals surface area contributed by atoms with Crippen molar-refractivity contribution < 1.29 is 14.7 Å². The highest BCUT2D eigenvalue weighted by Crippen LogP contribution is 2.11. The van der Waals surface area contributed by atoms with Crippen molar-refractivity contribution in [2.45, 2.75) is 12.5 Å². The van der Waals surface area contributed by atoms with Crippen molar-refractivity contribution in [1.29, 1.82) is 0 Å². The fourth-order valence-corrected chi connectivity index (χ4v) is 1.91. The number of nitrogens with one attached hydrogen (secondary N) is 1. The van der Waals surface area contributed by atoms with Gasteiger partial charge in [0.1, 0.15) is 6.04 Å². The number of carbonyl (C=O) groups excluding carboxylic acids is 1. The SMILES string of the molecule is CNC(=O)[C@@H](Cc1ccc(I)cc1)N(C)C(=O)O. The van der Waals surface area contributed by atoms with Crippen LogP contribution in [0.15, 0.2) is 24.3 Å². The number of rotatable bonds is 4. The Morgan fingerprint density at radius 1 is 1.39 bits per heavy atom. The van der Waals surface area contributed by atoms with Gasteiger partial charge in [0, 0.05) is 24.1 Å². The average Bonchev–Trinajstić information content (AvgIpc) is 2.36. The Kier molecular flexibility index (Phi) is 5.39. The third-order valence-corrected chi connectivity index (χ3v) is 3.38. The monoisotopic (exact) mass is 362 g/mol. The molecule has 0 fully saturated rings. The molecule has 0 aromatic heterocycles. The van der Waals surface area contributed by atoms with Gasteiger partial charge in [0.15, 0.2) is 0 Å². The summed E-state index contributed by atoms with van der Waals surface area (Å²) in [6.07, 6.45) is -0.756. The van der Waals surface area contributed by atoms with E-state index in [2.05, 4.69) is 27.9 Å². The van der Waals surface area contributed by atoms with E-state index in [4.69, 9.17) is 5.11 Å². The number of carboxylic acid groups (broad SMARTS) is 1. The van der Waals surface area contributed by atoms with Gasteiger partial charge < -0.3 is 10.4 Å². The smallest absolute Gasteiger partial charge is 0.407 e. The van der Waals surface area contributed by atoms with Crippen LogP contribution in [-0.2, 0) is 11.2 Å². The third kappa shape index (κ3) is 3.86. The summed E-state index contributed by atoms with van der Waals surface area (Å²) in [5, 5.41) is 11.5. The Morgan fingerprint density at radius 2 is 1.94 bits per heavy atom. The molecule has 1 rings (SSSR count). The molecule has 5 nitrogen and oxygen atoms in total. The molecule has 1 aromatic carbocycles. The van der Waals surface area contributed by atoms with Crippen LogP contribution in [0.1, 0.15) is 5.56 Å². The van der Waals surface area contributed by atoms with E-state index >= 15 is 0 Å². The van der Waals surface area contributed by atoms with Crippen molar-refractivity contribution in [1.82, 2.24) is 10.2 Å². The average molecular weight is 362 g/mol. The van der Waals surface area contributed by atoms with Crippen LogP contribution in [0.3, 0.4) is 0 Å². The molecule has 0 radical (unpaired) electrons. The Hall–Kier alpha value is -1.31. The number of carbonyl (C=O) groups is 2. The Morgan fingerprint density at radius 3 is 2.39 bits per heavy atom. The van der Waals surface area contributed by atoms with Gasteiger partial charge in [0.05, 0.1) is 0 Å². The summed E-state index contributed by atoms with van der Waals surface area (Å²) in [5.41, 5.74) is 0.928. The van der Waals surface area contributed by atoms with Crippen molar-refractivity contribution in [2.24, 2.45) is 0 Å². The summed E-state index contributed by atoms with van der Waals surface area (Å²) in [5.74, 6) is -0.307. The van der Waals surface area contributed by atoms with Crippen LogP contribution < -0.4 is 5.32 Å². The third-order valence-electron chi connectivity index (χ3n) is 2.66. The van der Waals surface area contributed by atoms with E-state index in [0.29, 0.717) is 6.42 Å². The number of hydrogen-bond acceptors (Lipinski definition) is 2. The van der Waals surface area contributed by atoms with Crippen LogP contribution in [0.4, 0.5) is 4.79 Å². The van der Waals surface area contributed by atoms with Crippen LogP contribution in [0, 0.1) is 3.57 Å². The molecule has 6 heteroatoms. The molecule has 0 saturated heterocycles. The van der Waals surface area contributed by atoms with Gasteiger partial charge in [-0.1, -0.05) is 12.1 Å². The Labute approximate surface area is 119 Å². The molecule has 1 atom stereocenters. The number of nitrogens with zero attached hydrogens (tertiary/aromatic N) is 1. The number of likely N-dealkylation sites (N-methyl/N-ethyl adjacent to an activating group) is 2. The Balaban J connectivity index is 2.88. The molecule has 1 aromatic rings. The first-order valence-electron chi connectivity index (χ1n) is 5.37. The first-order valence-corrected chi connectivity index (χ1v) is 6.45. The second-order valence-corrected chi connectivity index (χ2v) is 5.10. The normalized spacial score (nSPS) is 11.7. The second-order valence-electron chi connectivity index (χ2n) is 3.85. The zero-order valence-corrected chi connectivity index (χ0v) is 12.3. The summed E-state index contributed by atoms with van der Waals surface area (Å²) >= 11 is 2.19. The molecule has 2 N–H and O–H groups in total. The molecule has 0 bridgehead atoms. The predicted molar refractivity (Wildman–Crippen MR) is 76.5 cm³/mol. The van der Waals surface area contributed by atoms with Gasteiger partial charge >= 0.3 is 6.09 Å². The molecule has 0 aliphatic rings. The molecule has 0 aliphatic heterocycles.